The molecular weight excluding hydrogens is 254 g/mol. The lowest BCUT2D eigenvalue weighted by Gasteiger charge is -2.08. The molecule has 100 valence electrons. The lowest BCUT2D eigenvalue weighted by molar-refractivity contribution is 0.426. The predicted octanol–water partition coefficient (Wildman–Crippen LogP) is 2.45. The van der Waals surface area contributed by atoms with E-state index in [1.54, 1.807) is 25.5 Å². The van der Waals surface area contributed by atoms with Crippen molar-refractivity contribution in [2.75, 3.05) is 5.32 Å². The average Bonchev–Trinajstić information content (AvgIpc) is 2.93. The molecule has 0 saturated heterocycles. The molecule has 0 radical (unpaired) electrons. The minimum absolute atomic E-state index is 0.504. The summed E-state index contributed by atoms with van der Waals surface area (Å²) in [5.41, 5.74) is 2.66. The number of hydrogen-bond acceptors (Lipinski definition) is 6. The van der Waals surface area contributed by atoms with E-state index >= 15 is 0 Å². The van der Waals surface area contributed by atoms with E-state index < -0.39 is 0 Å². The number of aryl methyl sites for hydroxylation is 1. The number of aromatic nitrogens is 4. The summed E-state index contributed by atoms with van der Waals surface area (Å²) in [6.07, 6.45) is 5.05. The molecule has 20 heavy (non-hydrogen) atoms. The average molecular weight is 267 g/mol. The Kier molecular flexibility index (Phi) is 3.36. The van der Waals surface area contributed by atoms with Crippen molar-refractivity contribution in [2.24, 2.45) is 0 Å². The first kappa shape index (κ1) is 12.3. The Labute approximate surface area is 115 Å². The lowest BCUT2D eigenvalue weighted by Crippen LogP contribution is -2.03. The van der Waals surface area contributed by atoms with Crippen LogP contribution in [-0.2, 0) is 6.54 Å². The van der Waals surface area contributed by atoms with Crippen LogP contribution in [0.3, 0.4) is 0 Å². The molecule has 3 aromatic rings. The monoisotopic (exact) mass is 267 g/mol. The zero-order chi connectivity index (χ0) is 13.8. The molecule has 6 heteroatoms. The molecule has 0 aliphatic rings. The fraction of sp³-hybridized carbons (Fsp3) is 0.143. The second-order valence-corrected chi connectivity index (χ2v) is 4.24. The summed E-state index contributed by atoms with van der Waals surface area (Å²) in [7, 11) is 0. The first-order chi connectivity index (χ1) is 9.83. The van der Waals surface area contributed by atoms with Crippen molar-refractivity contribution in [3.8, 4) is 11.5 Å². The van der Waals surface area contributed by atoms with E-state index in [4.69, 9.17) is 4.52 Å². The van der Waals surface area contributed by atoms with E-state index in [9.17, 15) is 0 Å². The molecule has 0 fully saturated rings. The van der Waals surface area contributed by atoms with Crippen molar-refractivity contribution in [3.63, 3.8) is 0 Å². The molecule has 2 heterocycles. The smallest absolute Gasteiger partial charge is 0.260 e. The van der Waals surface area contributed by atoms with Crippen LogP contribution in [0.2, 0.25) is 0 Å². The fourth-order valence-corrected chi connectivity index (χ4v) is 1.84. The number of rotatable bonds is 4. The Morgan fingerprint density at radius 3 is 2.85 bits per heavy atom. The molecule has 2 aromatic heterocycles. The van der Waals surface area contributed by atoms with Gasteiger partial charge in [0.05, 0.1) is 24.0 Å². The van der Waals surface area contributed by atoms with Gasteiger partial charge in [-0.3, -0.25) is 9.97 Å². The summed E-state index contributed by atoms with van der Waals surface area (Å²) < 4.78 is 5.21. The van der Waals surface area contributed by atoms with E-state index in [2.05, 4.69) is 25.4 Å². The van der Waals surface area contributed by atoms with Crippen molar-refractivity contribution in [1.29, 1.82) is 0 Å². The Hall–Kier alpha value is -2.76. The maximum atomic E-state index is 5.21. The van der Waals surface area contributed by atoms with Crippen LogP contribution in [0.4, 0.5) is 5.69 Å². The van der Waals surface area contributed by atoms with Crippen molar-refractivity contribution < 1.29 is 4.52 Å². The van der Waals surface area contributed by atoms with Crippen LogP contribution in [0.1, 0.15) is 11.5 Å². The molecule has 1 aromatic carbocycles. The third kappa shape index (κ3) is 2.64. The third-order valence-corrected chi connectivity index (χ3v) is 2.76. The molecule has 1 N–H and O–H groups in total. The van der Waals surface area contributed by atoms with Crippen LogP contribution in [0, 0.1) is 6.92 Å². The van der Waals surface area contributed by atoms with Crippen LogP contribution < -0.4 is 5.32 Å². The number of benzene rings is 1. The van der Waals surface area contributed by atoms with Gasteiger partial charge in [0.1, 0.15) is 0 Å². The van der Waals surface area contributed by atoms with Gasteiger partial charge < -0.3 is 9.84 Å². The summed E-state index contributed by atoms with van der Waals surface area (Å²) in [6.45, 7) is 2.38. The zero-order valence-electron chi connectivity index (χ0n) is 10.9. The van der Waals surface area contributed by atoms with Crippen LogP contribution in [0.15, 0.2) is 47.4 Å². The Morgan fingerprint density at radius 2 is 2.10 bits per heavy atom. The Balaban J connectivity index is 1.83. The van der Waals surface area contributed by atoms with Crippen LogP contribution in [0.5, 0.6) is 0 Å². The minimum Gasteiger partial charge on any atom is -0.379 e. The molecular formula is C14H13N5O. The second kappa shape index (κ2) is 5.48. The van der Waals surface area contributed by atoms with Gasteiger partial charge in [-0.05, 0) is 19.1 Å². The highest BCUT2D eigenvalue weighted by atomic mass is 16.5. The number of anilines is 1. The normalized spacial score (nSPS) is 10.4. The zero-order valence-corrected chi connectivity index (χ0v) is 10.9. The standard InChI is InChI=1S/C14H13N5O/c1-10-18-14(20-19-10)12-4-2-3-5-13(12)17-9-11-8-15-6-7-16-11/h2-8,17H,9H2,1H3. The highest BCUT2D eigenvalue weighted by molar-refractivity contribution is 5.72. The molecule has 0 aliphatic carbocycles. The van der Waals surface area contributed by atoms with Gasteiger partial charge in [0.25, 0.3) is 5.89 Å². The number of para-hydroxylation sites is 1. The van der Waals surface area contributed by atoms with E-state index in [0.717, 1.165) is 16.9 Å². The topological polar surface area (TPSA) is 76.7 Å². The van der Waals surface area contributed by atoms with Gasteiger partial charge in [-0.15, -0.1) is 0 Å². The van der Waals surface area contributed by atoms with Crippen molar-refractivity contribution in [1.82, 2.24) is 20.1 Å². The molecule has 0 spiro atoms. The molecule has 0 aliphatic heterocycles. The number of nitrogens with zero attached hydrogens (tertiary/aromatic N) is 4. The number of nitrogens with one attached hydrogen (secondary N) is 1. The van der Waals surface area contributed by atoms with Crippen LogP contribution in [-0.4, -0.2) is 20.1 Å². The molecule has 0 atom stereocenters. The first-order valence-electron chi connectivity index (χ1n) is 6.21. The minimum atomic E-state index is 0.504. The Morgan fingerprint density at radius 1 is 1.20 bits per heavy atom. The Bertz CT molecular complexity index is 696. The van der Waals surface area contributed by atoms with Gasteiger partial charge in [0.15, 0.2) is 5.82 Å². The van der Waals surface area contributed by atoms with Gasteiger partial charge in [0.2, 0.25) is 0 Å². The summed E-state index contributed by atoms with van der Waals surface area (Å²) in [4.78, 5) is 12.5. The van der Waals surface area contributed by atoms with Crippen molar-refractivity contribution in [3.05, 3.63) is 54.4 Å². The van der Waals surface area contributed by atoms with E-state index in [0.29, 0.717) is 18.3 Å². The summed E-state index contributed by atoms with van der Waals surface area (Å²) in [6, 6.07) is 7.78. The molecule has 0 unspecified atom stereocenters. The van der Waals surface area contributed by atoms with E-state index in [-0.39, 0.29) is 0 Å². The SMILES string of the molecule is Cc1noc(-c2ccccc2NCc2cnccn2)n1. The van der Waals surface area contributed by atoms with Gasteiger partial charge in [-0.1, -0.05) is 17.3 Å². The van der Waals surface area contributed by atoms with Gasteiger partial charge in [-0.25, -0.2) is 0 Å². The van der Waals surface area contributed by atoms with Gasteiger partial charge in [-0.2, -0.15) is 4.98 Å². The second-order valence-electron chi connectivity index (χ2n) is 4.24. The summed E-state index contributed by atoms with van der Waals surface area (Å²) in [5, 5.41) is 7.12. The van der Waals surface area contributed by atoms with Crippen molar-refractivity contribution in [2.45, 2.75) is 13.5 Å². The maximum Gasteiger partial charge on any atom is 0.260 e. The van der Waals surface area contributed by atoms with Crippen LogP contribution in [0.25, 0.3) is 11.5 Å². The highest BCUT2D eigenvalue weighted by Gasteiger charge is 2.10. The molecule has 0 saturated carbocycles. The molecule has 0 amide bonds. The highest BCUT2D eigenvalue weighted by Crippen LogP contribution is 2.26. The summed E-state index contributed by atoms with van der Waals surface area (Å²) in [5.74, 6) is 1.12. The fourth-order valence-electron chi connectivity index (χ4n) is 1.84. The molecule has 0 bridgehead atoms. The predicted molar refractivity (Wildman–Crippen MR) is 73.8 cm³/mol. The van der Waals surface area contributed by atoms with E-state index in [1.807, 2.05) is 24.3 Å². The molecule has 3 rings (SSSR count). The van der Waals surface area contributed by atoms with Gasteiger partial charge >= 0.3 is 0 Å². The maximum absolute atomic E-state index is 5.21. The van der Waals surface area contributed by atoms with E-state index in [1.165, 1.54) is 0 Å². The van der Waals surface area contributed by atoms with Crippen LogP contribution >= 0.6 is 0 Å². The largest absolute Gasteiger partial charge is 0.379 e. The van der Waals surface area contributed by atoms with Gasteiger partial charge in [0, 0.05) is 18.1 Å². The van der Waals surface area contributed by atoms with Crippen molar-refractivity contribution >= 4 is 5.69 Å². The number of hydrogen-bond donors (Lipinski definition) is 1. The lowest BCUT2D eigenvalue weighted by atomic mass is 10.1. The first-order valence-corrected chi connectivity index (χ1v) is 6.21. The third-order valence-electron chi connectivity index (χ3n) is 2.76. The quantitative estimate of drug-likeness (QED) is 0.782. The molecule has 6 nitrogen and oxygen atoms in total. The summed E-state index contributed by atoms with van der Waals surface area (Å²) >= 11 is 0.